The van der Waals surface area contributed by atoms with Gasteiger partial charge >= 0.3 is 0 Å². The summed E-state index contributed by atoms with van der Waals surface area (Å²) in [6, 6.07) is 25.1. The molecule has 0 fully saturated rings. The minimum Gasteiger partial charge on any atom is -0.325 e. The Morgan fingerprint density at radius 1 is 0.793 bits per heavy atom. The minimum atomic E-state index is -0.116. The number of thiophene rings is 1. The molecule has 0 unspecified atom stereocenters. The van der Waals surface area contributed by atoms with Gasteiger partial charge in [0.2, 0.25) is 5.91 Å². The van der Waals surface area contributed by atoms with Crippen LogP contribution in [0.25, 0.3) is 10.8 Å². The van der Waals surface area contributed by atoms with E-state index < -0.39 is 0 Å². The second-order valence-corrected chi connectivity index (χ2v) is 8.35. The van der Waals surface area contributed by atoms with Crippen LogP contribution >= 0.6 is 23.1 Å². The highest BCUT2D eigenvalue weighted by molar-refractivity contribution is 8.00. The minimum absolute atomic E-state index is 0.0552. The third kappa shape index (κ3) is 5.04. The number of anilines is 2. The molecule has 4 nitrogen and oxygen atoms in total. The van der Waals surface area contributed by atoms with Crippen molar-refractivity contribution in [2.45, 2.75) is 4.90 Å². The number of fused-ring (bicyclic) bond motifs is 1. The molecule has 0 atom stereocenters. The Balaban J connectivity index is 1.30. The molecule has 0 saturated carbocycles. The van der Waals surface area contributed by atoms with Crippen LogP contribution in [0, 0.1) is 0 Å². The summed E-state index contributed by atoms with van der Waals surface area (Å²) in [5.41, 5.74) is 1.52. The Bertz CT molecular complexity index is 1140. The third-order valence-electron chi connectivity index (χ3n) is 4.26. The van der Waals surface area contributed by atoms with E-state index in [-0.39, 0.29) is 11.8 Å². The van der Waals surface area contributed by atoms with Crippen LogP contribution in [0.4, 0.5) is 11.4 Å². The molecule has 0 saturated heterocycles. The van der Waals surface area contributed by atoms with E-state index in [4.69, 9.17) is 0 Å². The van der Waals surface area contributed by atoms with Gasteiger partial charge in [-0.1, -0.05) is 36.4 Å². The lowest BCUT2D eigenvalue weighted by atomic mass is 10.1. The Morgan fingerprint density at radius 2 is 1.55 bits per heavy atom. The molecule has 2 N–H and O–H groups in total. The van der Waals surface area contributed by atoms with Crippen LogP contribution in [0.1, 0.15) is 9.67 Å². The highest BCUT2D eigenvalue weighted by Gasteiger charge is 2.08. The highest BCUT2D eigenvalue weighted by Crippen LogP contribution is 2.23. The molecule has 0 aliphatic carbocycles. The van der Waals surface area contributed by atoms with E-state index in [1.165, 1.54) is 23.1 Å². The Hall–Kier alpha value is -3.09. The molecule has 29 heavy (non-hydrogen) atoms. The van der Waals surface area contributed by atoms with Gasteiger partial charge in [0.1, 0.15) is 0 Å². The molecule has 3 aromatic carbocycles. The molecule has 1 heterocycles. The molecule has 1 aromatic heterocycles. The SMILES string of the molecule is O=C(CSc1ccc(NC(=O)c2cccs2)cc1)Nc1ccc2ccccc2c1. The first-order valence-corrected chi connectivity index (χ1v) is 10.9. The van der Waals surface area contributed by atoms with Crippen LogP contribution in [0.15, 0.2) is 89.1 Å². The van der Waals surface area contributed by atoms with Crippen LogP contribution in [-0.2, 0) is 4.79 Å². The van der Waals surface area contributed by atoms with Crippen molar-refractivity contribution >= 4 is 57.1 Å². The van der Waals surface area contributed by atoms with Crippen molar-refractivity contribution < 1.29 is 9.59 Å². The van der Waals surface area contributed by atoms with Gasteiger partial charge in [0, 0.05) is 16.3 Å². The molecule has 0 radical (unpaired) electrons. The maximum absolute atomic E-state index is 12.3. The van der Waals surface area contributed by atoms with Gasteiger partial charge in [-0.2, -0.15) is 0 Å². The van der Waals surface area contributed by atoms with Crippen molar-refractivity contribution in [3.8, 4) is 0 Å². The fourth-order valence-electron chi connectivity index (χ4n) is 2.85. The van der Waals surface area contributed by atoms with Gasteiger partial charge in [-0.25, -0.2) is 0 Å². The predicted molar refractivity (Wildman–Crippen MR) is 122 cm³/mol. The number of amides is 2. The standard InChI is InChI=1S/C23H18N2O2S2/c26-22(24-19-8-7-16-4-1-2-5-17(16)14-19)15-29-20-11-9-18(10-12-20)25-23(27)21-6-3-13-28-21/h1-14H,15H2,(H,24,26)(H,25,27). The number of carbonyl (C=O) groups excluding carboxylic acids is 2. The maximum Gasteiger partial charge on any atom is 0.265 e. The molecule has 6 heteroatoms. The average Bonchev–Trinajstić information content (AvgIpc) is 3.28. The number of carbonyl (C=O) groups is 2. The summed E-state index contributed by atoms with van der Waals surface area (Å²) in [6.07, 6.45) is 0. The fraction of sp³-hybridized carbons (Fsp3) is 0.0435. The molecular formula is C23H18N2O2S2. The molecule has 4 rings (SSSR count). The molecule has 0 spiro atoms. The summed E-state index contributed by atoms with van der Waals surface area (Å²) in [5, 5.41) is 9.92. The van der Waals surface area contributed by atoms with Crippen molar-refractivity contribution in [3.63, 3.8) is 0 Å². The lowest BCUT2D eigenvalue weighted by molar-refractivity contribution is -0.113. The zero-order chi connectivity index (χ0) is 20.1. The average molecular weight is 419 g/mol. The van der Waals surface area contributed by atoms with E-state index in [9.17, 15) is 9.59 Å². The number of benzene rings is 3. The first kappa shape index (κ1) is 19.2. The van der Waals surface area contributed by atoms with Crippen molar-refractivity contribution in [3.05, 3.63) is 89.1 Å². The summed E-state index contributed by atoms with van der Waals surface area (Å²) in [5.74, 6) is 0.142. The predicted octanol–water partition coefficient (Wildman–Crippen LogP) is 5.88. The second-order valence-electron chi connectivity index (χ2n) is 6.35. The zero-order valence-corrected chi connectivity index (χ0v) is 17.1. The third-order valence-corrected chi connectivity index (χ3v) is 6.14. The van der Waals surface area contributed by atoms with E-state index in [0.717, 1.165) is 27.0 Å². The quantitative estimate of drug-likeness (QED) is 0.384. The van der Waals surface area contributed by atoms with Crippen LogP contribution < -0.4 is 10.6 Å². The Labute approximate surface area is 177 Å². The molecular weight excluding hydrogens is 400 g/mol. The van der Waals surface area contributed by atoms with Gasteiger partial charge in [-0.05, 0) is 58.6 Å². The van der Waals surface area contributed by atoms with E-state index in [2.05, 4.69) is 10.6 Å². The topological polar surface area (TPSA) is 58.2 Å². The van der Waals surface area contributed by atoms with Crippen molar-refractivity contribution in [1.82, 2.24) is 0 Å². The van der Waals surface area contributed by atoms with E-state index in [0.29, 0.717) is 10.6 Å². The van der Waals surface area contributed by atoms with Gasteiger partial charge in [0.15, 0.2) is 0 Å². The molecule has 2 amide bonds. The number of rotatable bonds is 6. The highest BCUT2D eigenvalue weighted by atomic mass is 32.2. The van der Waals surface area contributed by atoms with E-state index >= 15 is 0 Å². The summed E-state index contributed by atoms with van der Waals surface area (Å²) >= 11 is 2.86. The number of nitrogens with one attached hydrogen (secondary N) is 2. The molecule has 0 aliphatic rings. The van der Waals surface area contributed by atoms with Crippen molar-refractivity contribution in [2.75, 3.05) is 16.4 Å². The second kappa shape index (κ2) is 8.94. The van der Waals surface area contributed by atoms with Crippen LogP contribution in [-0.4, -0.2) is 17.6 Å². The molecule has 0 aliphatic heterocycles. The van der Waals surface area contributed by atoms with Crippen molar-refractivity contribution in [1.29, 1.82) is 0 Å². The molecule has 4 aromatic rings. The summed E-state index contributed by atoms with van der Waals surface area (Å²) in [6.45, 7) is 0. The first-order valence-electron chi connectivity index (χ1n) is 9.04. The normalized spacial score (nSPS) is 10.6. The fourth-order valence-corrected chi connectivity index (χ4v) is 4.17. The monoisotopic (exact) mass is 418 g/mol. The maximum atomic E-state index is 12.3. The van der Waals surface area contributed by atoms with E-state index in [1.54, 1.807) is 6.07 Å². The summed E-state index contributed by atoms with van der Waals surface area (Å²) in [7, 11) is 0. The van der Waals surface area contributed by atoms with Crippen LogP contribution in [0.2, 0.25) is 0 Å². The van der Waals surface area contributed by atoms with Crippen LogP contribution in [0.3, 0.4) is 0 Å². The number of thioether (sulfide) groups is 1. The molecule has 144 valence electrons. The zero-order valence-electron chi connectivity index (χ0n) is 15.4. The summed E-state index contributed by atoms with van der Waals surface area (Å²) in [4.78, 5) is 26.0. The van der Waals surface area contributed by atoms with Gasteiger partial charge in [-0.15, -0.1) is 23.1 Å². The van der Waals surface area contributed by atoms with E-state index in [1.807, 2.05) is 78.2 Å². The van der Waals surface area contributed by atoms with Crippen LogP contribution in [0.5, 0.6) is 0 Å². The largest absolute Gasteiger partial charge is 0.325 e. The summed E-state index contributed by atoms with van der Waals surface area (Å²) < 4.78 is 0. The van der Waals surface area contributed by atoms with Gasteiger partial charge in [-0.3, -0.25) is 9.59 Å². The molecule has 0 bridgehead atoms. The van der Waals surface area contributed by atoms with Gasteiger partial charge < -0.3 is 10.6 Å². The number of hydrogen-bond acceptors (Lipinski definition) is 4. The number of hydrogen-bond donors (Lipinski definition) is 2. The van der Waals surface area contributed by atoms with Crippen molar-refractivity contribution in [2.24, 2.45) is 0 Å². The van der Waals surface area contributed by atoms with Gasteiger partial charge in [0.05, 0.1) is 10.6 Å². The lowest BCUT2D eigenvalue weighted by Crippen LogP contribution is -2.13. The van der Waals surface area contributed by atoms with Gasteiger partial charge in [0.25, 0.3) is 5.91 Å². The smallest absolute Gasteiger partial charge is 0.265 e. The first-order chi connectivity index (χ1) is 14.2. The Morgan fingerprint density at radius 3 is 2.31 bits per heavy atom. The Kier molecular flexibility index (Phi) is 5.93. The lowest BCUT2D eigenvalue weighted by Gasteiger charge is -2.08.